The molecule has 4 aromatic carbocycles. The molecule has 0 N–H and O–H groups in total. The summed E-state index contributed by atoms with van der Waals surface area (Å²) in [7, 11) is 0. The van der Waals surface area contributed by atoms with Crippen LogP contribution in [0.5, 0.6) is 0 Å². The molecule has 0 aliphatic heterocycles. The number of nitrogens with zero attached hydrogens (tertiary/aromatic N) is 4. The lowest BCUT2D eigenvalue weighted by Crippen LogP contribution is -1.96. The lowest BCUT2D eigenvalue weighted by atomic mass is 10.0. The predicted octanol–water partition coefficient (Wildman–Crippen LogP) is 8.86. The second-order valence-corrected chi connectivity index (χ2v) is 10.1. The summed E-state index contributed by atoms with van der Waals surface area (Å²) in [5, 5.41) is 2.22. The SMILES string of the molecule is Cc1ccc2ccc3c(C)cc(-c4cccc(-c5nc(-c6ccccc6)cc(-c6ccccc6)n5)c4)nc3c2n1. The van der Waals surface area contributed by atoms with Crippen LogP contribution in [-0.2, 0) is 0 Å². The van der Waals surface area contributed by atoms with Crippen LogP contribution in [0.15, 0.2) is 121 Å². The monoisotopic (exact) mass is 514 g/mol. The van der Waals surface area contributed by atoms with E-state index in [1.807, 2.05) is 49.4 Å². The van der Waals surface area contributed by atoms with E-state index in [9.17, 15) is 0 Å². The molecule has 0 saturated heterocycles. The Bertz CT molecular complexity index is 1960. The van der Waals surface area contributed by atoms with Crippen molar-refractivity contribution in [3.8, 4) is 45.2 Å². The van der Waals surface area contributed by atoms with Gasteiger partial charge >= 0.3 is 0 Å². The summed E-state index contributed by atoms with van der Waals surface area (Å²) in [6, 6.07) is 41.5. The number of aryl methyl sites for hydroxylation is 2. The normalized spacial score (nSPS) is 11.2. The van der Waals surface area contributed by atoms with Crippen LogP contribution >= 0.6 is 0 Å². The molecule has 3 heterocycles. The molecule has 7 aromatic rings. The number of hydrogen-bond donors (Lipinski definition) is 0. The van der Waals surface area contributed by atoms with E-state index >= 15 is 0 Å². The fourth-order valence-electron chi connectivity index (χ4n) is 5.19. The Morgan fingerprint density at radius 1 is 0.425 bits per heavy atom. The second-order valence-electron chi connectivity index (χ2n) is 10.1. The first-order chi connectivity index (χ1) is 19.6. The van der Waals surface area contributed by atoms with Crippen molar-refractivity contribution in [2.24, 2.45) is 0 Å². The van der Waals surface area contributed by atoms with Crippen molar-refractivity contribution in [2.45, 2.75) is 13.8 Å². The minimum absolute atomic E-state index is 0.683. The van der Waals surface area contributed by atoms with Crippen molar-refractivity contribution in [3.05, 3.63) is 133 Å². The Morgan fingerprint density at radius 2 is 1.02 bits per heavy atom. The summed E-state index contributed by atoms with van der Waals surface area (Å²) in [5.41, 5.74) is 10.8. The molecule has 40 heavy (non-hydrogen) atoms. The number of rotatable bonds is 4. The summed E-state index contributed by atoms with van der Waals surface area (Å²) >= 11 is 0. The molecule has 0 amide bonds. The largest absolute Gasteiger partial charge is 0.251 e. The van der Waals surface area contributed by atoms with Gasteiger partial charge in [0.15, 0.2) is 5.82 Å². The maximum atomic E-state index is 5.14. The van der Waals surface area contributed by atoms with Crippen molar-refractivity contribution < 1.29 is 0 Å². The van der Waals surface area contributed by atoms with Gasteiger partial charge in [-0.3, -0.25) is 4.98 Å². The average Bonchev–Trinajstić information content (AvgIpc) is 3.01. The molecule has 0 atom stereocenters. The second kappa shape index (κ2) is 9.83. The molecule has 0 radical (unpaired) electrons. The van der Waals surface area contributed by atoms with Crippen molar-refractivity contribution >= 4 is 21.8 Å². The van der Waals surface area contributed by atoms with Gasteiger partial charge in [0.05, 0.1) is 28.1 Å². The molecular weight excluding hydrogens is 488 g/mol. The van der Waals surface area contributed by atoms with Gasteiger partial charge in [-0.25, -0.2) is 15.0 Å². The zero-order chi connectivity index (χ0) is 27.1. The van der Waals surface area contributed by atoms with E-state index in [0.29, 0.717) is 5.82 Å². The molecule has 0 bridgehead atoms. The molecule has 0 spiro atoms. The molecule has 0 aliphatic carbocycles. The molecule has 4 nitrogen and oxygen atoms in total. The molecule has 4 heteroatoms. The van der Waals surface area contributed by atoms with Crippen LogP contribution in [0.2, 0.25) is 0 Å². The van der Waals surface area contributed by atoms with Crippen LogP contribution in [0, 0.1) is 13.8 Å². The summed E-state index contributed by atoms with van der Waals surface area (Å²) in [6.07, 6.45) is 0. The van der Waals surface area contributed by atoms with Crippen molar-refractivity contribution in [3.63, 3.8) is 0 Å². The van der Waals surface area contributed by atoms with Gasteiger partial charge in [0, 0.05) is 38.7 Å². The van der Waals surface area contributed by atoms with Gasteiger partial charge in [0.2, 0.25) is 0 Å². The van der Waals surface area contributed by atoms with E-state index in [1.165, 1.54) is 5.56 Å². The molecule has 7 rings (SSSR count). The Morgan fingerprint density at radius 3 is 1.73 bits per heavy atom. The van der Waals surface area contributed by atoms with Gasteiger partial charge in [-0.2, -0.15) is 0 Å². The third-order valence-corrected chi connectivity index (χ3v) is 7.27. The Balaban J connectivity index is 1.39. The van der Waals surface area contributed by atoms with Gasteiger partial charge < -0.3 is 0 Å². The molecular formula is C36H26N4. The predicted molar refractivity (Wildman–Crippen MR) is 164 cm³/mol. The van der Waals surface area contributed by atoms with E-state index < -0.39 is 0 Å². The van der Waals surface area contributed by atoms with E-state index in [1.54, 1.807) is 0 Å². The van der Waals surface area contributed by atoms with E-state index in [-0.39, 0.29) is 0 Å². The highest BCUT2D eigenvalue weighted by Gasteiger charge is 2.13. The summed E-state index contributed by atoms with van der Waals surface area (Å²) in [4.78, 5) is 20.0. The van der Waals surface area contributed by atoms with E-state index in [0.717, 1.165) is 66.8 Å². The number of benzene rings is 4. The average molecular weight is 515 g/mol. The van der Waals surface area contributed by atoms with E-state index in [2.05, 4.69) is 85.8 Å². The van der Waals surface area contributed by atoms with Gasteiger partial charge in [-0.05, 0) is 43.7 Å². The maximum Gasteiger partial charge on any atom is 0.160 e. The maximum absolute atomic E-state index is 5.14. The summed E-state index contributed by atoms with van der Waals surface area (Å²) in [5.74, 6) is 0.683. The van der Waals surface area contributed by atoms with Crippen molar-refractivity contribution in [1.29, 1.82) is 0 Å². The minimum Gasteiger partial charge on any atom is -0.251 e. The number of pyridine rings is 2. The highest BCUT2D eigenvalue weighted by Crippen LogP contribution is 2.32. The number of hydrogen-bond acceptors (Lipinski definition) is 4. The third-order valence-electron chi connectivity index (χ3n) is 7.27. The topological polar surface area (TPSA) is 51.6 Å². The molecule has 190 valence electrons. The van der Waals surface area contributed by atoms with Crippen LogP contribution in [-0.4, -0.2) is 19.9 Å². The van der Waals surface area contributed by atoms with Gasteiger partial charge in [-0.15, -0.1) is 0 Å². The van der Waals surface area contributed by atoms with Crippen LogP contribution in [0.3, 0.4) is 0 Å². The van der Waals surface area contributed by atoms with Gasteiger partial charge in [-0.1, -0.05) is 97.1 Å². The third kappa shape index (κ3) is 4.40. The molecule has 0 fully saturated rings. The van der Waals surface area contributed by atoms with Crippen molar-refractivity contribution in [2.75, 3.05) is 0 Å². The highest BCUT2D eigenvalue weighted by molar-refractivity contribution is 6.04. The zero-order valence-electron chi connectivity index (χ0n) is 22.3. The quantitative estimate of drug-likeness (QED) is 0.220. The van der Waals surface area contributed by atoms with Crippen LogP contribution < -0.4 is 0 Å². The van der Waals surface area contributed by atoms with Crippen LogP contribution in [0.1, 0.15) is 11.3 Å². The molecule has 0 saturated carbocycles. The summed E-state index contributed by atoms with van der Waals surface area (Å²) < 4.78 is 0. The summed E-state index contributed by atoms with van der Waals surface area (Å²) in [6.45, 7) is 4.16. The lowest BCUT2D eigenvalue weighted by Gasteiger charge is -2.12. The van der Waals surface area contributed by atoms with Crippen molar-refractivity contribution in [1.82, 2.24) is 19.9 Å². The zero-order valence-corrected chi connectivity index (χ0v) is 22.3. The van der Waals surface area contributed by atoms with Gasteiger partial charge in [0.1, 0.15) is 0 Å². The number of fused-ring (bicyclic) bond motifs is 3. The number of aromatic nitrogens is 4. The first-order valence-electron chi connectivity index (χ1n) is 13.4. The highest BCUT2D eigenvalue weighted by atomic mass is 14.9. The molecule has 0 aliphatic rings. The van der Waals surface area contributed by atoms with E-state index in [4.69, 9.17) is 19.9 Å². The first kappa shape index (κ1) is 23.9. The Hall–Kier alpha value is -5.22. The fourth-order valence-corrected chi connectivity index (χ4v) is 5.19. The van der Waals surface area contributed by atoms with Crippen LogP contribution in [0.25, 0.3) is 67.0 Å². The Labute approximate surface area is 233 Å². The smallest absolute Gasteiger partial charge is 0.160 e. The Kier molecular flexibility index (Phi) is 5.86. The first-order valence-corrected chi connectivity index (χ1v) is 13.4. The van der Waals surface area contributed by atoms with Gasteiger partial charge in [0.25, 0.3) is 0 Å². The minimum atomic E-state index is 0.683. The lowest BCUT2D eigenvalue weighted by molar-refractivity contribution is 1.18. The molecule has 3 aromatic heterocycles. The molecule has 0 unspecified atom stereocenters. The fraction of sp³-hybridized carbons (Fsp3) is 0.0556. The standard InChI is InChI=1S/C36H26N4/c1-23-20-31(38-35-30(23)19-18-27-17-16-24(2)37-34(27)35)28-14-9-15-29(21-28)36-39-32(25-10-5-3-6-11-25)22-33(40-36)26-12-7-4-8-13-26/h3-22H,1-2H3. The van der Waals surface area contributed by atoms with Crippen LogP contribution in [0.4, 0.5) is 0 Å².